The summed E-state index contributed by atoms with van der Waals surface area (Å²) in [6.45, 7) is 2.68. The number of aliphatic hydroxyl groups is 1. The molecule has 0 spiro atoms. The number of piperidine rings is 1. The van der Waals surface area contributed by atoms with Crippen LogP contribution in [0.5, 0.6) is 0 Å². The van der Waals surface area contributed by atoms with E-state index in [1.54, 1.807) is 19.1 Å². The highest BCUT2D eigenvalue weighted by Crippen LogP contribution is 2.24. The number of aryl methyl sites for hydroxylation is 1. The van der Waals surface area contributed by atoms with Gasteiger partial charge in [-0.2, -0.15) is 0 Å². The predicted octanol–water partition coefficient (Wildman–Crippen LogP) is 1.44. The van der Waals surface area contributed by atoms with E-state index in [1.807, 2.05) is 0 Å². The second kappa shape index (κ2) is 5.35. The molecule has 1 aliphatic rings. The van der Waals surface area contributed by atoms with Crippen LogP contribution >= 0.6 is 0 Å². The molecule has 1 unspecified atom stereocenters. The summed E-state index contributed by atoms with van der Waals surface area (Å²) in [5, 5.41) is 18.3. The molecule has 0 amide bonds. The van der Waals surface area contributed by atoms with Gasteiger partial charge in [-0.1, -0.05) is 0 Å². The number of pyridine rings is 1. The van der Waals surface area contributed by atoms with Gasteiger partial charge in [-0.15, -0.1) is 0 Å². The third-order valence-corrected chi connectivity index (χ3v) is 3.43. The first-order valence-corrected chi connectivity index (χ1v) is 6.22. The maximum Gasteiger partial charge on any atom is 0.337 e. The number of anilines is 1. The van der Waals surface area contributed by atoms with E-state index in [0.717, 1.165) is 31.6 Å². The van der Waals surface area contributed by atoms with Crippen molar-refractivity contribution >= 4 is 11.8 Å². The summed E-state index contributed by atoms with van der Waals surface area (Å²) in [4.78, 5) is 17.4. The van der Waals surface area contributed by atoms with E-state index in [4.69, 9.17) is 5.11 Å². The normalized spacial score (nSPS) is 19.9. The van der Waals surface area contributed by atoms with Gasteiger partial charge in [-0.3, -0.25) is 0 Å². The molecule has 0 aliphatic carbocycles. The van der Waals surface area contributed by atoms with Crippen LogP contribution < -0.4 is 4.90 Å². The number of carbonyl (C=O) groups is 1. The molecule has 2 N–H and O–H groups in total. The molecule has 0 bridgehead atoms. The van der Waals surface area contributed by atoms with Crippen LogP contribution in [0.3, 0.4) is 0 Å². The van der Waals surface area contributed by atoms with Gasteiger partial charge >= 0.3 is 5.97 Å². The van der Waals surface area contributed by atoms with Crippen LogP contribution in [0.4, 0.5) is 5.82 Å². The predicted molar refractivity (Wildman–Crippen MR) is 68.0 cm³/mol. The zero-order valence-corrected chi connectivity index (χ0v) is 10.5. The lowest BCUT2D eigenvalue weighted by Gasteiger charge is -2.35. The lowest BCUT2D eigenvalue weighted by Crippen LogP contribution is -2.42. The number of carboxylic acid groups (broad SMARTS) is 1. The zero-order chi connectivity index (χ0) is 13.1. The molecule has 1 atom stereocenters. The van der Waals surface area contributed by atoms with Gasteiger partial charge in [0.1, 0.15) is 5.82 Å². The SMILES string of the molecule is Cc1nc(N2CCCCC2CO)ccc1C(=O)O. The molecular formula is C13H18N2O3. The van der Waals surface area contributed by atoms with Gasteiger partial charge in [-0.25, -0.2) is 9.78 Å². The van der Waals surface area contributed by atoms with Gasteiger partial charge in [-0.05, 0) is 38.3 Å². The minimum Gasteiger partial charge on any atom is -0.478 e. The summed E-state index contributed by atoms with van der Waals surface area (Å²) in [6.07, 6.45) is 3.16. The Kier molecular flexibility index (Phi) is 3.81. The standard InChI is InChI=1S/C13H18N2O3/c1-9-11(13(17)18)5-6-12(14-9)15-7-3-2-4-10(15)8-16/h5-6,10,16H,2-4,7-8H2,1H3,(H,17,18). The highest BCUT2D eigenvalue weighted by atomic mass is 16.4. The summed E-state index contributed by atoms with van der Waals surface area (Å²) in [5.41, 5.74) is 0.749. The number of aliphatic hydroxyl groups excluding tert-OH is 1. The van der Waals surface area contributed by atoms with E-state index < -0.39 is 5.97 Å². The Hall–Kier alpha value is -1.62. The van der Waals surface area contributed by atoms with E-state index >= 15 is 0 Å². The van der Waals surface area contributed by atoms with Gasteiger partial charge in [0, 0.05) is 6.54 Å². The Labute approximate surface area is 106 Å². The third-order valence-electron chi connectivity index (χ3n) is 3.43. The molecule has 98 valence electrons. The number of aromatic carboxylic acids is 1. The van der Waals surface area contributed by atoms with Crippen molar-refractivity contribution in [2.24, 2.45) is 0 Å². The van der Waals surface area contributed by atoms with Gasteiger partial charge in [0.2, 0.25) is 0 Å². The largest absolute Gasteiger partial charge is 0.478 e. The first-order chi connectivity index (χ1) is 8.63. The average Bonchev–Trinajstić information content (AvgIpc) is 2.38. The van der Waals surface area contributed by atoms with Crippen molar-refractivity contribution in [1.82, 2.24) is 4.98 Å². The number of carboxylic acids is 1. The topological polar surface area (TPSA) is 73.7 Å². The fraction of sp³-hybridized carbons (Fsp3) is 0.538. The molecule has 1 saturated heterocycles. The summed E-state index contributed by atoms with van der Waals surface area (Å²) in [7, 11) is 0. The highest BCUT2D eigenvalue weighted by Gasteiger charge is 2.23. The molecule has 5 heteroatoms. The van der Waals surface area contributed by atoms with Crippen molar-refractivity contribution in [1.29, 1.82) is 0 Å². The second-order valence-electron chi connectivity index (χ2n) is 4.63. The van der Waals surface area contributed by atoms with E-state index in [1.165, 1.54) is 0 Å². The molecule has 0 aromatic carbocycles. The highest BCUT2D eigenvalue weighted by molar-refractivity contribution is 5.89. The average molecular weight is 250 g/mol. The Morgan fingerprint density at radius 2 is 2.28 bits per heavy atom. The maximum absolute atomic E-state index is 10.9. The second-order valence-corrected chi connectivity index (χ2v) is 4.63. The molecular weight excluding hydrogens is 232 g/mol. The minimum atomic E-state index is -0.955. The van der Waals surface area contributed by atoms with Crippen LogP contribution in [0.1, 0.15) is 35.3 Å². The molecule has 0 radical (unpaired) electrons. The fourth-order valence-corrected chi connectivity index (χ4v) is 2.43. The van der Waals surface area contributed by atoms with Gasteiger partial charge < -0.3 is 15.1 Å². The summed E-state index contributed by atoms with van der Waals surface area (Å²) in [6, 6.07) is 3.41. The van der Waals surface area contributed by atoms with E-state index in [0.29, 0.717) is 5.69 Å². The first-order valence-electron chi connectivity index (χ1n) is 6.22. The van der Waals surface area contributed by atoms with E-state index in [9.17, 15) is 9.90 Å². The number of hydrogen-bond donors (Lipinski definition) is 2. The number of nitrogens with zero attached hydrogens (tertiary/aromatic N) is 2. The number of rotatable bonds is 3. The van der Waals surface area contributed by atoms with Gasteiger partial charge in [0.05, 0.1) is 23.9 Å². The number of aromatic nitrogens is 1. The van der Waals surface area contributed by atoms with Crippen molar-refractivity contribution in [3.63, 3.8) is 0 Å². The third kappa shape index (κ3) is 2.46. The molecule has 18 heavy (non-hydrogen) atoms. The molecule has 1 fully saturated rings. The summed E-state index contributed by atoms with van der Waals surface area (Å²) < 4.78 is 0. The van der Waals surface area contributed by atoms with Crippen molar-refractivity contribution in [2.45, 2.75) is 32.2 Å². The number of hydrogen-bond acceptors (Lipinski definition) is 4. The smallest absolute Gasteiger partial charge is 0.337 e. The van der Waals surface area contributed by atoms with Crippen molar-refractivity contribution < 1.29 is 15.0 Å². The lowest BCUT2D eigenvalue weighted by molar-refractivity contribution is 0.0695. The van der Waals surface area contributed by atoms with Crippen molar-refractivity contribution in [3.05, 3.63) is 23.4 Å². The maximum atomic E-state index is 10.9. The molecule has 0 saturated carbocycles. The molecule has 1 aromatic heterocycles. The fourth-order valence-electron chi connectivity index (χ4n) is 2.43. The van der Waals surface area contributed by atoms with Crippen LogP contribution in [-0.4, -0.2) is 40.4 Å². The Balaban J connectivity index is 2.27. The molecule has 1 aromatic rings. The van der Waals surface area contributed by atoms with Crippen LogP contribution in [-0.2, 0) is 0 Å². The Morgan fingerprint density at radius 1 is 1.50 bits per heavy atom. The molecule has 2 heterocycles. The summed E-state index contributed by atoms with van der Waals surface area (Å²) in [5.74, 6) is -0.194. The quantitative estimate of drug-likeness (QED) is 0.849. The van der Waals surface area contributed by atoms with Crippen LogP contribution in [0.2, 0.25) is 0 Å². The minimum absolute atomic E-state index is 0.0985. The van der Waals surface area contributed by atoms with Gasteiger partial charge in [0.15, 0.2) is 0 Å². The molecule has 5 nitrogen and oxygen atoms in total. The van der Waals surface area contributed by atoms with Crippen LogP contribution in [0.15, 0.2) is 12.1 Å². The monoisotopic (exact) mass is 250 g/mol. The zero-order valence-electron chi connectivity index (χ0n) is 10.5. The Morgan fingerprint density at radius 3 is 2.89 bits per heavy atom. The molecule has 2 rings (SSSR count). The lowest BCUT2D eigenvalue weighted by atomic mass is 10.0. The first kappa shape index (κ1) is 12.8. The Bertz CT molecular complexity index is 448. The van der Waals surface area contributed by atoms with E-state index in [-0.39, 0.29) is 18.2 Å². The van der Waals surface area contributed by atoms with Crippen LogP contribution in [0.25, 0.3) is 0 Å². The molecule has 1 aliphatic heterocycles. The van der Waals surface area contributed by atoms with Crippen LogP contribution in [0, 0.1) is 6.92 Å². The van der Waals surface area contributed by atoms with Crippen molar-refractivity contribution in [2.75, 3.05) is 18.1 Å². The summed E-state index contributed by atoms with van der Waals surface area (Å²) >= 11 is 0. The van der Waals surface area contributed by atoms with Crippen molar-refractivity contribution in [3.8, 4) is 0 Å². The van der Waals surface area contributed by atoms with Gasteiger partial charge in [0.25, 0.3) is 0 Å². The van der Waals surface area contributed by atoms with E-state index in [2.05, 4.69) is 9.88 Å².